The van der Waals surface area contributed by atoms with Gasteiger partial charge in [-0.3, -0.25) is 0 Å². The topological polar surface area (TPSA) is 89.2 Å². The van der Waals surface area contributed by atoms with Gasteiger partial charge in [0, 0.05) is 34.3 Å². The number of allylic oxidation sites excluding steroid dienone is 6. The number of nitrogens with one attached hydrogen (secondary N) is 2. The van der Waals surface area contributed by atoms with Gasteiger partial charge in [-0.1, -0.05) is 94.6 Å². The van der Waals surface area contributed by atoms with Crippen molar-refractivity contribution < 1.29 is 10.4 Å². The summed E-state index contributed by atoms with van der Waals surface area (Å²) in [4.78, 5) is 1.74. The fourth-order valence-electron chi connectivity index (χ4n) is 3.49. The van der Waals surface area contributed by atoms with Gasteiger partial charge in [-0.2, -0.15) is 0 Å². The second-order valence-corrected chi connectivity index (χ2v) is 9.69. The zero-order chi connectivity index (χ0) is 23.6. The lowest BCUT2D eigenvalue weighted by molar-refractivity contribution is 0.316. The van der Waals surface area contributed by atoms with Crippen molar-refractivity contribution in [1.29, 1.82) is 0 Å². The number of thioether (sulfide) groups is 2. The summed E-state index contributed by atoms with van der Waals surface area (Å²) in [6, 6.07) is 15.6. The van der Waals surface area contributed by atoms with Crippen LogP contribution in [0.3, 0.4) is 0 Å². The normalized spacial score (nSPS) is 15.4. The summed E-state index contributed by atoms with van der Waals surface area (Å²) in [6.07, 6.45) is 14.5. The van der Waals surface area contributed by atoms with Gasteiger partial charge in [-0.05, 0) is 48.3 Å². The number of hydrogen-bond acceptors (Lipinski definition) is 8. The maximum atomic E-state index is 9.77. The summed E-state index contributed by atoms with van der Waals surface area (Å²) < 4.78 is 0. The summed E-state index contributed by atoms with van der Waals surface area (Å²) in [6.45, 7) is 1.47. The summed E-state index contributed by atoms with van der Waals surface area (Å²) in [5.74, 6) is 0. The molecule has 6 nitrogen and oxygen atoms in total. The first kappa shape index (κ1) is 23.8. The highest BCUT2D eigenvalue weighted by atomic mass is 32.2. The zero-order valence-corrected chi connectivity index (χ0v) is 20.1. The first-order chi connectivity index (χ1) is 16.8. The number of benzene rings is 2. The van der Waals surface area contributed by atoms with E-state index >= 15 is 0 Å². The molecule has 0 spiro atoms. The Hall–Kier alpha value is -3.36. The predicted octanol–water partition coefficient (Wildman–Crippen LogP) is 6.74. The molecule has 0 bridgehead atoms. The van der Waals surface area contributed by atoms with Gasteiger partial charge in [0.05, 0.1) is 0 Å². The minimum absolute atomic E-state index is 0.209. The molecule has 0 radical (unpaired) electrons. The van der Waals surface area contributed by atoms with Crippen LogP contribution in [0.25, 0.3) is 0 Å². The van der Waals surface area contributed by atoms with E-state index < -0.39 is 0 Å². The highest BCUT2D eigenvalue weighted by Crippen LogP contribution is 2.34. The molecule has 2 aromatic rings. The number of oxime groups is 2. The molecule has 0 saturated carbocycles. The summed E-state index contributed by atoms with van der Waals surface area (Å²) in [5, 5.41) is 33.8. The quantitative estimate of drug-likeness (QED) is 0.108. The number of rotatable bonds is 8. The molecule has 0 aliphatic heterocycles. The van der Waals surface area contributed by atoms with Gasteiger partial charge in [0.2, 0.25) is 0 Å². The maximum Gasteiger partial charge on any atom is 0.176 e. The average Bonchev–Trinajstić information content (AvgIpc) is 3.59. The number of nitrogens with zero attached hydrogens (tertiary/aromatic N) is 2. The number of hydrogen-bond donors (Lipinski definition) is 4. The van der Waals surface area contributed by atoms with E-state index in [-0.39, 0.29) is 10.1 Å². The zero-order valence-electron chi connectivity index (χ0n) is 18.5. The van der Waals surface area contributed by atoms with Crippen molar-refractivity contribution in [3.63, 3.8) is 0 Å². The van der Waals surface area contributed by atoms with Crippen molar-refractivity contribution in [3.05, 3.63) is 96.1 Å². The van der Waals surface area contributed by atoms with Crippen molar-refractivity contribution in [2.45, 2.75) is 22.6 Å². The molecule has 174 valence electrons. The highest BCUT2D eigenvalue weighted by molar-refractivity contribution is 8.25. The highest BCUT2D eigenvalue weighted by Gasteiger charge is 2.18. The monoisotopic (exact) mass is 490 g/mol. The van der Waals surface area contributed by atoms with Gasteiger partial charge < -0.3 is 21.0 Å². The summed E-state index contributed by atoms with van der Waals surface area (Å²) in [5.41, 5.74) is 4.45. The smallest absolute Gasteiger partial charge is 0.176 e. The molecule has 0 atom stereocenters. The van der Waals surface area contributed by atoms with Gasteiger partial charge in [0.1, 0.15) is 0 Å². The molecule has 8 heteroatoms. The van der Waals surface area contributed by atoms with Crippen LogP contribution in [0.15, 0.2) is 116 Å². The molecule has 0 amide bonds. The first-order valence-electron chi connectivity index (χ1n) is 10.9. The third kappa shape index (κ3) is 6.36. The lowest BCUT2D eigenvalue weighted by Crippen LogP contribution is -2.10. The molecule has 34 heavy (non-hydrogen) atoms. The van der Waals surface area contributed by atoms with Crippen molar-refractivity contribution in [2.75, 3.05) is 23.7 Å². The fraction of sp³-hybridized carbons (Fsp3) is 0.154. The molecule has 0 fully saturated rings. The van der Waals surface area contributed by atoms with Gasteiger partial charge in [0.25, 0.3) is 0 Å². The molecular formula is C26H26N4O2S2. The fourth-order valence-corrected chi connectivity index (χ4v) is 5.29. The van der Waals surface area contributed by atoms with Crippen molar-refractivity contribution in [2.24, 2.45) is 10.3 Å². The average molecular weight is 491 g/mol. The van der Waals surface area contributed by atoms with Crippen LogP contribution >= 0.6 is 23.5 Å². The Morgan fingerprint density at radius 2 is 1.15 bits per heavy atom. The second kappa shape index (κ2) is 12.2. The van der Waals surface area contributed by atoms with E-state index in [4.69, 9.17) is 0 Å². The van der Waals surface area contributed by atoms with Gasteiger partial charge in [-0.15, -0.1) is 0 Å². The molecule has 0 saturated heterocycles. The Bertz CT molecular complexity index is 1110. The van der Waals surface area contributed by atoms with E-state index in [2.05, 4.69) is 57.4 Å². The predicted molar refractivity (Wildman–Crippen MR) is 144 cm³/mol. The van der Waals surface area contributed by atoms with E-state index in [9.17, 15) is 10.4 Å². The Morgan fingerprint density at radius 1 is 0.706 bits per heavy atom. The Labute approximate surface area is 207 Å². The van der Waals surface area contributed by atoms with Gasteiger partial charge in [-0.25, -0.2) is 0 Å². The van der Waals surface area contributed by atoms with E-state index in [0.29, 0.717) is 0 Å². The Kier molecular flexibility index (Phi) is 8.54. The molecule has 2 aromatic carbocycles. The largest absolute Gasteiger partial charge is 0.410 e. The van der Waals surface area contributed by atoms with Crippen LogP contribution < -0.4 is 10.6 Å². The van der Waals surface area contributed by atoms with E-state index in [1.165, 1.54) is 34.7 Å². The lowest BCUT2D eigenvalue weighted by Gasteiger charge is -2.14. The third-order valence-corrected chi connectivity index (χ3v) is 7.48. The second-order valence-electron chi connectivity index (χ2n) is 7.63. The maximum absolute atomic E-state index is 9.77. The van der Waals surface area contributed by atoms with Crippen LogP contribution in [-0.2, 0) is 0 Å². The minimum Gasteiger partial charge on any atom is -0.410 e. The molecule has 4 rings (SSSR count). The Balaban J connectivity index is 1.45. The molecule has 0 aromatic heterocycles. The third-order valence-electron chi connectivity index (χ3n) is 5.26. The van der Waals surface area contributed by atoms with Crippen LogP contribution in [0.2, 0.25) is 0 Å². The Morgan fingerprint density at radius 3 is 1.53 bits per heavy atom. The van der Waals surface area contributed by atoms with E-state index in [1.807, 2.05) is 48.5 Å². The SMILES string of the molecule is O/N=C(Sc1ccccc1NCC1=CC=CC1)/C(=N\O)Sc1ccccc1NCC1=CC=CC1. The van der Waals surface area contributed by atoms with Crippen LogP contribution in [0.1, 0.15) is 12.8 Å². The molecule has 0 unspecified atom stereocenters. The molecule has 0 heterocycles. The van der Waals surface area contributed by atoms with Gasteiger partial charge in [0.15, 0.2) is 10.1 Å². The van der Waals surface area contributed by atoms with E-state index in [1.54, 1.807) is 0 Å². The first-order valence-corrected chi connectivity index (χ1v) is 12.5. The van der Waals surface area contributed by atoms with Crippen LogP contribution in [0, 0.1) is 0 Å². The number of anilines is 2. The van der Waals surface area contributed by atoms with Crippen LogP contribution in [0.4, 0.5) is 11.4 Å². The molecule has 2 aliphatic rings. The molecule has 4 N–H and O–H groups in total. The number of para-hydroxylation sites is 2. The minimum atomic E-state index is 0.209. The lowest BCUT2D eigenvalue weighted by atomic mass is 10.2. The van der Waals surface area contributed by atoms with Crippen molar-refractivity contribution in [3.8, 4) is 0 Å². The van der Waals surface area contributed by atoms with Crippen LogP contribution in [0.5, 0.6) is 0 Å². The molecule has 2 aliphatic carbocycles. The van der Waals surface area contributed by atoms with E-state index in [0.717, 1.165) is 47.1 Å². The van der Waals surface area contributed by atoms with Crippen molar-refractivity contribution in [1.82, 2.24) is 0 Å². The molecular weight excluding hydrogens is 464 g/mol. The standard InChI is InChI=1S/C26H26N4O2S2/c31-29-25(33-23-15-7-5-13-21(23)27-17-19-9-1-2-10-19)26(30-32)34-24-16-8-6-14-22(24)28-18-20-11-3-4-12-20/h1-9,11,13-16,27-28,31-32H,10,12,17-18H2/b29-25-,30-26+. The van der Waals surface area contributed by atoms with Crippen LogP contribution in [-0.4, -0.2) is 33.6 Å². The summed E-state index contributed by atoms with van der Waals surface area (Å²) >= 11 is 2.48. The van der Waals surface area contributed by atoms with Gasteiger partial charge >= 0.3 is 0 Å². The van der Waals surface area contributed by atoms with Crippen molar-refractivity contribution >= 4 is 45.0 Å². The summed E-state index contributed by atoms with van der Waals surface area (Å²) in [7, 11) is 0.